The molecule has 0 bridgehead atoms. The van der Waals surface area contributed by atoms with Crippen LogP contribution in [0.2, 0.25) is 0 Å². The van der Waals surface area contributed by atoms with Crippen molar-refractivity contribution in [2.75, 3.05) is 18.6 Å². The number of allylic oxidation sites excluding steroid dienone is 1. The normalized spacial score (nSPS) is 36.6. The molecule has 1 saturated heterocycles. The van der Waals surface area contributed by atoms with Crippen molar-refractivity contribution in [1.29, 1.82) is 0 Å². The van der Waals surface area contributed by atoms with Crippen LogP contribution < -0.4 is 4.90 Å². The number of rotatable bonds is 4. The molecular formula is C23H32N2O5. The standard InChI is InChI=1S/C23H32N2O5/c1-14(2)5-8-19-22(3,27)21-20(29-4)17(26)9-10-23(21,28)12-25(19)15-6-7-16-18(11-15)30-13-24-16/h5-7,11,13,17,19-21,26-28H,8-10,12H2,1-4H3/t17-,19+,20-,21-,22+,23+/m1/s1. The summed E-state index contributed by atoms with van der Waals surface area (Å²) in [6, 6.07) is 5.43. The van der Waals surface area contributed by atoms with Crippen LogP contribution in [0.5, 0.6) is 0 Å². The first-order valence-electron chi connectivity index (χ1n) is 10.6. The summed E-state index contributed by atoms with van der Waals surface area (Å²) in [5.74, 6) is -0.612. The van der Waals surface area contributed by atoms with E-state index in [0.717, 1.165) is 16.8 Å². The van der Waals surface area contributed by atoms with Gasteiger partial charge in [0.15, 0.2) is 12.0 Å². The molecule has 1 saturated carbocycles. The lowest BCUT2D eigenvalue weighted by atomic mass is 9.59. The largest absolute Gasteiger partial charge is 0.443 e. The summed E-state index contributed by atoms with van der Waals surface area (Å²) in [4.78, 5) is 6.25. The molecule has 3 N–H and O–H groups in total. The Morgan fingerprint density at radius 2 is 2.13 bits per heavy atom. The van der Waals surface area contributed by atoms with E-state index in [4.69, 9.17) is 9.15 Å². The summed E-state index contributed by atoms with van der Waals surface area (Å²) < 4.78 is 11.1. The topological polar surface area (TPSA) is 99.2 Å². The minimum atomic E-state index is -1.31. The average molecular weight is 417 g/mol. The second-order valence-corrected chi connectivity index (χ2v) is 9.28. The molecule has 0 amide bonds. The van der Waals surface area contributed by atoms with Gasteiger partial charge < -0.3 is 29.4 Å². The van der Waals surface area contributed by atoms with Crippen molar-refractivity contribution >= 4 is 16.8 Å². The molecule has 4 rings (SSSR count). The van der Waals surface area contributed by atoms with Gasteiger partial charge in [0, 0.05) is 31.3 Å². The first-order chi connectivity index (χ1) is 14.2. The highest BCUT2D eigenvalue weighted by Crippen LogP contribution is 2.50. The zero-order valence-corrected chi connectivity index (χ0v) is 18.1. The number of aliphatic hydroxyl groups excluding tert-OH is 1. The van der Waals surface area contributed by atoms with E-state index >= 15 is 0 Å². The maximum Gasteiger partial charge on any atom is 0.181 e. The predicted octanol–water partition coefficient (Wildman–Crippen LogP) is 2.64. The number of hydrogen-bond donors (Lipinski definition) is 3. The lowest BCUT2D eigenvalue weighted by molar-refractivity contribution is -0.232. The molecular weight excluding hydrogens is 384 g/mol. The van der Waals surface area contributed by atoms with Gasteiger partial charge in [0.2, 0.25) is 0 Å². The number of nitrogens with zero attached hydrogens (tertiary/aromatic N) is 2. The van der Waals surface area contributed by atoms with Gasteiger partial charge in [-0.15, -0.1) is 0 Å². The van der Waals surface area contributed by atoms with Gasteiger partial charge in [-0.3, -0.25) is 0 Å². The second kappa shape index (κ2) is 7.64. The number of aromatic nitrogens is 1. The maximum atomic E-state index is 11.9. The zero-order chi connectivity index (χ0) is 21.7. The number of ether oxygens (including phenoxy) is 1. The minimum Gasteiger partial charge on any atom is -0.443 e. The fraction of sp³-hybridized carbons (Fsp3) is 0.609. The lowest BCUT2D eigenvalue weighted by Gasteiger charge is -2.61. The third-order valence-corrected chi connectivity index (χ3v) is 6.95. The van der Waals surface area contributed by atoms with Crippen molar-refractivity contribution in [1.82, 2.24) is 4.98 Å². The Morgan fingerprint density at radius 3 is 2.83 bits per heavy atom. The highest BCUT2D eigenvalue weighted by Gasteiger charge is 2.63. The molecule has 1 aliphatic carbocycles. The fourth-order valence-electron chi connectivity index (χ4n) is 5.53. The van der Waals surface area contributed by atoms with Crippen molar-refractivity contribution < 1.29 is 24.5 Å². The van der Waals surface area contributed by atoms with E-state index in [1.54, 1.807) is 6.92 Å². The molecule has 0 spiro atoms. The maximum absolute atomic E-state index is 11.9. The quantitative estimate of drug-likeness (QED) is 0.659. The van der Waals surface area contributed by atoms with Crippen molar-refractivity contribution in [2.24, 2.45) is 5.92 Å². The number of β-amino-alcohol motifs (C(OH)–C–C–N with tert-alkyl or cyclic N) is 1. The Morgan fingerprint density at radius 1 is 1.37 bits per heavy atom. The monoisotopic (exact) mass is 416 g/mol. The van der Waals surface area contributed by atoms with Crippen LogP contribution in [-0.2, 0) is 4.74 Å². The molecule has 1 aliphatic heterocycles. The van der Waals surface area contributed by atoms with E-state index in [1.165, 1.54) is 13.5 Å². The van der Waals surface area contributed by atoms with Gasteiger partial charge in [0.1, 0.15) is 5.52 Å². The van der Waals surface area contributed by atoms with Crippen molar-refractivity contribution in [3.8, 4) is 0 Å². The molecule has 30 heavy (non-hydrogen) atoms. The molecule has 2 fully saturated rings. The summed E-state index contributed by atoms with van der Waals surface area (Å²) in [6.45, 7) is 6.15. The van der Waals surface area contributed by atoms with Gasteiger partial charge in [-0.1, -0.05) is 11.6 Å². The number of methoxy groups -OCH3 is 1. The summed E-state index contributed by atoms with van der Waals surface area (Å²) >= 11 is 0. The molecule has 2 heterocycles. The van der Waals surface area contributed by atoms with Gasteiger partial charge in [-0.05, 0) is 52.2 Å². The minimum absolute atomic E-state index is 0.319. The Balaban J connectivity index is 1.81. The van der Waals surface area contributed by atoms with E-state index < -0.39 is 29.3 Å². The molecule has 7 nitrogen and oxygen atoms in total. The Labute approximate surface area is 177 Å². The van der Waals surface area contributed by atoms with E-state index in [9.17, 15) is 15.3 Å². The first-order valence-corrected chi connectivity index (χ1v) is 10.6. The highest BCUT2D eigenvalue weighted by atomic mass is 16.5. The molecule has 164 valence electrons. The van der Waals surface area contributed by atoms with Crippen LogP contribution in [0.15, 0.2) is 40.7 Å². The summed E-state index contributed by atoms with van der Waals surface area (Å²) in [5, 5.41) is 34.1. The Kier molecular flexibility index (Phi) is 5.43. The van der Waals surface area contributed by atoms with Gasteiger partial charge in [-0.2, -0.15) is 0 Å². The predicted molar refractivity (Wildman–Crippen MR) is 114 cm³/mol. The average Bonchev–Trinajstić information content (AvgIpc) is 3.15. The second-order valence-electron chi connectivity index (χ2n) is 9.28. The van der Waals surface area contributed by atoms with E-state index in [1.807, 2.05) is 32.0 Å². The molecule has 7 heteroatoms. The van der Waals surface area contributed by atoms with Gasteiger partial charge >= 0.3 is 0 Å². The van der Waals surface area contributed by atoms with Crippen molar-refractivity contribution in [3.05, 3.63) is 36.2 Å². The van der Waals surface area contributed by atoms with Crippen LogP contribution in [0.1, 0.15) is 40.0 Å². The number of piperidine rings is 1. The molecule has 0 radical (unpaired) electrons. The first kappa shape index (κ1) is 21.3. The number of aliphatic hydroxyl groups is 3. The van der Waals surface area contributed by atoms with Crippen LogP contribution in [0, 0.1) is 5.92 Å². The lowest BCUT2D eigenvalue weighted by Crippen LogP contribution is -2.75. The van der Waals surface area contributed by atoms with Crippen molar-refractivity contribution in [2.45, 2.75) is 69.5 Å². The van der Waals surface area contributed by atoms with E-state index in [-0.39, 0.29) is 6.04 Å². The number of fused-ring (bicyclic) bond motifs is 2. The summed E-state index contributed by atoms with van der Waals surface area (Å²) in [5.41, 5.74) is 0.942. The van der Waals surface area contributed by atoms with Crippen LogP contribution in [0.3, 0.4) is 0 Å². The summed E-state index contributed by atoms with van der Waals surface area (Å²) in [7, 11) is 1.53. The zero-order valence-electron chi connectivity index (χ0n) is 18.1. The van der Waals surface area contributed by atoms with Crippen molar-refractivity contribution in [3.63, 3.8) is 0 Å². The third-order valence-electron chi connectivity index (χ3n) is 6.95. The molecule has 2 aromatic rings. The highest BCUT2D eigenvalue weighted by molar-refractivity contribution is 5.77. The van der Waals surface area contributed by atoms with Gasteiger partial charge in [0.05, 0.1) is 29.5 Å². The third kappa shape index (κ3) is 3.43. The molecule has 0 unspecified atom stereocenters. The number of benzene rings is 1. The van der Waals surface area contributed by atoms with Crippen LogP contribution in [-0.4, -0.2) is 63.4 Å². The van der Waals surface area contributed by atoms with E-state index in [0.29, 0.717) is 31.4 Å². The smallest absolute Gasteiger partial charge is 0.181 e. The Hall–Kier alpha value is -1.93. The van der Waals surface area contributed by atoms with E-state index in [2.05, 4.69) is 16.0 Å². The van der Waals surface area contributed by atoms with Crippen LogP contribution in [0.25, 0.3) is 11.1 Å². The van der Waals surface area contributed by atoms with Crippen LogP contribution >= 0.6 is 0 Å². The molecule has 6 atom stereocenters. The number of anilines is 1. The van der Waals surface area contributed by atoms with Crippen LogP contribution in [0.4, 0.5) is 5.69 Å². The fourth-order valence-corrected chi connectivity index (χ4v) is 5.53. The molecule has 2 aliphatic rings. The van der Waals surface area contributed by atoms with Gasteiger partial charge in [0.25, 0.3) is 0 Å². The number of oxazole rings is 1. The Bertz CT molecular complexity index is 935. The molecule has 1 aromatic heterocycles. The SMILES string of the molecule is CO[C@@H]1[C@H](O)CC[C@]2(O)CN(c3ccc4ncoc4c3)[C@@H](CC=C(C)C)[C@](C)(O)[C@@H]12. The number of hydrogen-bond acceptors (Lipinski definition) is 7. The van der Waals surface area contributed by atoms with Gasteiger partial charge in [-0.25, -0.2) is 4.98 Å². The molecule has 1 aromatic carbocycles. The summed E-state index contributed by atoms with van der Waals surface area (Å²) in [6.07, 6.45) is 3.59.